The van der Waals surface area contributed by atoms with Crippen molar-refractivity contribution in [1.29, 1.82) is 0 Å². The summed E-state index contributed by atoms with van der Waals surface area (Å²) < 4.78 is 1.73. The summed E-state index contributed by atoms with van der Waals surface area (Å²) in [5.74, 6) is 2.05. The highest BCUT2D eigenvalue weighted by Crippen LogP contribution is 2.24. The number of aryl methyl sites for hydroxylation is 1. The van der Waals surface area contributed by atoms with E-state index in [-0.39, 0.29) is 0 Å². The van der Waals surface area contributed by atoms with E-state index in [1.807, 2.05) is 13.8 Å². The molecule has 2 heterocycles. The number of hydrogen-bond acceptors (Lipinski definition) is 4. The van der Waals surface area contributed by atoms with Crippen LogP contribution in [-0.4, -0.2) is 19.6 Å². The molecule has 21 heavy (non-hydrogen) atoms. The van der Waals surface area contributed by atoms with Gasteiger partial charge in [0, 0.05) is 16.9 Å². The third-order valence-corrected chi connectivity index (χ3v) is 3.75. The molecule has 0 radical (unpaired) electrons. The molecule has 3 rings (SSSR count). The van der Waals surface area contributed by atoms with E-state index in [4.69, 9.17) is 0 Å². The summed E-state index contributed by atoms with van der Waals surface area (Å²) in [4.78, 5) is 8.59. The number of nitrogens with one attached hydrogen (secondary N) is 1. The Morgan fingerprint density at radius 1 is 1.10 bits per heavy atom. The lowest BCUT2D eigenvalue weighted by molar-refractivity contribution is 0.867. The zero-order valence-corrected chi connectivity index (χ0v) is 12.8. The van der Waals surface area contributed by atoms with Gasteiger partial charge < -0.3 is 5.32 Å². The van der Waals surface area contributed by atoms with Gasteiger partial charge in [-0.3, -0.25) is 0 Å². The number of hydrogen-bond donors (Lipinski definition) is 1. The molecular weight excluding hydrogens is 262 g/mol. The van der Waals surface area contributed by atoms with Gasteiger partial charge in [0.1, 0.15) is 12.1 Å². The maximum absolute atomic E-state index is 4.42. The van der Waals surface area contributed by atoms with E-state index in [0.717, 1.165) is 22.8 Å². The van der Waals surface area contributed by atoms with Gasteiger partial charge in [0.25, 0.3) is 5.78 Å². The standard InChI is InChI=1S/C16H19N5/c1-10(2)13-5-7-14(8-6-13)20-15-11(3)12(4)19-16-17-9-18-21(15)16/h5-10,20H,1-4H3. The molecule has 0 aliphatic rings. The quantitative estimate of drug-likeness (QED) is 0.797. The Morgan fingerprint density at radius 3 is 2.48 bits per heavy atom. The van der Waals surface area contributed by atoms with Crippen molar-refractivity contribution in [2.75, 3.05) is 5.32 Å². The van der Waals surface area contributed by atoms with E-state index in [2.05, 4.69) is 58.5 Å². The highest BCUT2D eigenvalue weighted by Gasteiger charge is 2.11. The van der Waals surface area contributed by atoms with Crippen LogP contribution in [0, 0.1) is 13.8 Å². The second kappa shape index (κ2) is 5.16. The van der Waals surface area contributed by atoms with E-state index < -0.39 is 0 Å². The maximum atomic E-state index is 4.42. The van der Waals surface area contributed by atoms with Crippen LogP contribution in [0.4, 0.5) is 11.5 Å². The zero-order valence-electron chi connectivity index (χ0n) is 12.8. The fourth-order valence-corrected chi connectivity index (χ4v) is 2.27. The van der Waals surface area contributed by atoms with Crippen molar-refractivity contribution in [3.8, 4) is 0 Å². The summed E-state index contributed by atoms with van der Waals surface area (Å²) in [6, 6.07) is 8.48. The Morgan fingerprint density at radius 2 is 1.81 bits per heavy atom. The molecule has 0 unspecified atom stereocenters. The average molecular weight is 281 g/mol. The van der Waals surface area contributed by atoms with Crippen LogP contribution < -0.4 is 5.32 Å². The summed E-state index contributed by atoms with van der Waals surface area (Å²) in [7, 11) is 0. The molecule has 0 fully saturated rings. The molecule has 0 bridgehead atoms. The molecule has 0 spiro atoms. The molecule has 0 aliphatic heterocycles. The second-order valence-electron chi connectivity index (χ2n) is 5.54. The molecule has 0 aliphatic carbocycles. The first kappa shape index (κ1) is 13.5. The predicted molar refractivity (Wildman–Crippen MR) is 84.1 cm³/mol. The second-order valence-corrected chi connectivity index (χ2v) is 5.54. The van der Waals surface area contributed by atoms with Gasteiger partial charge in [-0.25, -0.2) is 4.98 Å². The summed E-state index contributed by atoms with van der Waals surface area (Å²) in [6.45, 7) is 8.40. The Labute approximate surface area is 124 Å². The summed E-state index contributed by atoms with van der Waals surface area (Å²) >= 11 is 0. The normalized spacial score (nSPS) is 11.3. The highest BCUT2D eigenvalue weighted by atomic mass is 15.4. The van der Waals surface area contributed by atoms with Crippen LogP contribution in [-0.2, 0) is 0 Å². The van der Waals surface area contributed by atoms with Crippen LogP contribution in [0.5, 0.6) is 0 Å². The van der Waals surface area contributed by atoms with E-state index in [9.17, 15) is 0 Å². The average Bonchev–Trinajstić information content (AvgIpc) is 2.92. The van der Waals surface area contributed by atoms with Crippen LogP contribution in [0.2, 0.25) is 0 Å². The Hall–Kier alpha value is -2.43. The van der Waals surface area contributed by atoms with Gasteiger partial charge in [-0.15, -0.1) is 0 Å². The van der Waals surface area contributed by atoms with Crippen molar-refractivity contribution in [3.63, 3.8) is 0 Å². The largest absolute Gasteiger partial charge is 0.340 e. The molecule has 3 aromatic rings. The first-order chi connectivity index (χ1) is 10.1. The number of fused-ring (bicyclic) bond motifs is 1. The Balaban J connectivity index is 2.01. The number of nitrogens with zero attached hydrogens (tertiary/aromatic N) is 4. The molecule has 0 saturated heterocycles. The van der Waals surface area contributed by atoms with Crippen molar-refractivity contribution in [2.24, 2.45) is 0 Å². The molecule has 108 valence electrons. The monoisotopic (exact) mass is 281 g/mol. The number of rotatable bonds is 3. The van der Waals surface area contributed by atoms with Crippen LogP contribution in [0.3, 0.4) is 0 Å². The van der Waals surface area contributed by atoms with E-state index in [1.54, 1.807) is 4.52 Å². The molecule has 2 aromatic heterocycles. The topological polar surface area (TPSA) is 55.1 Å². The van der Waals surface area contributed by atoms with E-state index >= 15 is 0 Å². The van der Waals surface area contributed by atoms with E-state index in [1.165, 1.54) is 11.9 Å². The maximum Gasteiger partial charge on any atom is 0.254 e. The van der Waals surface area contributed by atoms with Gasteiger partial charge in [0.15, 0.2) is 0 Å². The molecule has 5 nitrogen and oxygen atoms in total. The summed E-state index contributed by atoms with van der Waals surface area (Å²) in [5.41, 5.74) is 4.39. The van der Waals surface area contributed by atoms with Crippen molar-refractivity contribution in [1.82, 2.24) is 19.6 Å². The third-order valence-electron chi connectivity index (χ3n) is 3.75. The van der Waals surface area contributed by atoms with Gasteiger partial charge in [-0.05, 0) is 37.5 Å². The summed E-state index contributed by atoms with van der Waals surface area (Å²) in [5, 5.41) is 7.67. The molecule has 1 aromatic carbocycles. The molecule has 5 heteroatoms. The number of aromatic nitrogens is 4. The lowest BCUT2D eigenvalue weighted by Gasteiger charge is -2.13. The number of benzene rings is 1. The smallest absolute Gasteiger partial charge is 0.254 e. The Bertz CT molecular complexity index is 771. The van der Waals surface area contributed by atoms with Crippen LogP contribution in [0.25, 0.3) is 5.78 Å². The van der Waals surface area contributed by atoms with Crippen molar-refractivity contribution >= 4 is 17.3 Å². The first-order valence-electron chi connectivity index (χ1n) is 7.10. The fraction of sp³-hybridized carbons (Fsp3) is 0.312. The molecule has 1 N–H and O–H groups in total. The highest BCUT2D eigenvalue weighted by molar-refractivity contribution is 5.62. The number of anilines is 2. The zero-order chi connectivity index (χ0) is 15.0. The lowest BCUT2D eigenvalue weighted by atomic mass is 10.0. The van der Waals surface area contributed by atoms with Gasteiger partial charge in [0.05, 0.1) is 0 Å². The SMILES string of the molecule is Cc1nc2ncnn2c(Nc2ccc(C(C)C)cc2)c1C. The lowest BCUT2D eigenvalue weighted by Crippen LogP contribution is -2.06. The minimum Gasteiger partial charge on any atom is -0.340 e. The molecule has 0 amide bonds. The van der Waals surface area contributed by atoms with Crippen molar-refractivity contribution in [2.45, 2.75) is 33.6 Å². The molecule has 0 saturated carbocycles. The third kappa shape index (κ3) is 2.46. The summed E-state index contributed by atoms with van der Waals surface area (Å²) in [6.07, 6.45) is 1.52. The van der Waals surface area contributed by atoms with Gasteiger partial charge in [-0.2, -0.15) is 14.6 Å². The van der Waals surface area contributed by atoms with Crippen molar-refractivity contribution < 1.29 is 0 Å². The minimum absolute atomic E-state index is 0.533. The van der Waals surface area contributed by atoms with Gasteiger partial charge >= 0.3 is 0 Å². The van der Waals surface area contributed by atoms with Crippen molar-refractivity contribution in [3.05, 3.63) is 47.4 Å². The Kier molecular flexibility index (Phi) is 3.33. The van der Waals surface area contributed by atoms with E-state index in [0.29, 0.717) is 11.7 Å². The van der Waals surface area contributed by atoms with Gasteiger partial charge in [0.2, 0.25) is 0 Å². The predicted octanol–water partition coefficient (Wildman–Crippen LogP) is 3.61. The van der Waals surface area contributed by atoms with Crippen LogP contribution in [0.1, 0.15) is 36.6 Å². The van der Waals surface area contributed by atoms with Crippen LogP contribution in [0.15, 0.2) is 30.6 Å². The fourth-order valence-electron chi connectivity index (χ4n) is 2.27. The minimum atomic E-state index is 0.533. The van der Waals surface area contributed by atoms with Crippen LogP contribution >= 0.6 is 0 Å². The molecular formula is C16H19N5. The first-order valence-corrected chi connectivity index (χ1v) is 7.10. The van der Waals surface area contributed by atoms with Gasteiger partial charge in [-0.1, -0.05) is 26.0 Å². The molecule has 0 atom stereocenters.